The third-order valence-corrected chi connectivity index (χ3v) is 1.54. The van der Waals surface area contributed by atoms with Gasteiger partial charge in [-0.05, 0) is 13.1 Å². The van der Waals surface area contributed by atoms with Crippen molar-refractivity contribution >= 4 is 0 Å². The molecule has 0 aliphatic carbocycles. The second kappa shape index (κ2) is 2.46. The highest BCUT2D eigenvalue weighted by molar-refractivity contribution is 4.68. The Morgan fingerprint density at radius 1 is 1.50 bits per heavy atom. The molecular weight excluding hydrogens is 102 g/mol. The fourth-order valence-electron chi connectivity index (χ4n) is 0.885. The maximum atomic E-state index is 5.08. The molecule has 0 saturated carbocycles. The third kappa shape index (κ3) is 1.20. The fourth-order valence-corrected chi connectivity index (χ4v) is 0.885. The van der Waals surface area contributed by atoms with E-state index in [2.05, 4.69) is 18.7 Å². The van der Waals surface area contributed by atoms with Crippen LogP contribution >= 0.6 is 0 Å². The minimum Gasteiger partial charge on any atom is -0.357 e. The maximum Gasteiger partial charge on any atom is 0.134 e. The van der Waals surface area contributed by atoms with Crippen LogP contribution in [0.1, 0.15) is 13.8 Å². The van der Waals surface area contributed by atoms with E-state index >= 15 is 0 Å². The molecule has 1 aliphatic heterocycles. The Bertz CT molecular complexity index is 66.9. The number of nitrogens with zero attached hydrogens (tertiary/aromatic N) is 1. The van der Waals surface area contributed by atoms with Crippen molar-refractivity contribution in [3.8, 4) is 0 Å². The van der Waals surface area contributed by atoms with Crippen LogP contribution in [-0.2, 0) is 4.74 Å². The Morgan fingerprint density at radius 2 is 2.00 bits per heavy atom. The van der Waals surface area contributed by atoms with E-state index in [4.69, 9.17) is 4.74 Å². The average Bonchev–Trinajstić information content (AvgIpc) is 2.53. The lowest BCUT2D eigenvalue weighted by Crippen LogP contribution is -2.25. The Balaban J connectivity index is 2.15. The van der Waals surface area contributed by atoms with Gasteiger partial charge in [0.25, 0.3) is 0 Å². The minimum atomic E-state index is 0.463. The number of ether oxygens (including phenoxy) is 1. The van der Waals surface area contributed by atoms with E-state index in [1.54, 1.807) is 0 Å². The van der Waals surface area contributed by atoms with Gasteiger partial charge in [0.1, 0.15) is 6.23 Å². The molecule has 0 aromatic rings. The quantitative estimate of drug-likeness (QED) is 0.503. The molecule has 1 aliphatic rings. The molecule has 0 N–H and O–H groups in total. The van der Waals surface area contributed by atoms with Crippen molar-refractivity contribution in [1.29, 1.82) is 0 Å². The smallest absolute Gasteiger partial charge is 0.134 e. The second-order valence-corrected chi connectivity index (χ2v) is 2.01. The van der Waals surface area contributed by atoms with Gasteiger partial charge in [-0.2, -0.15) is 0 Å². The van der Waals surface area contributed by atoms with Crippen LogP contribution in [-0.4, -0.2) is 30.8 Å². The molecule has 48 valence electrons. The highest BCUT2D eigenvalue weighted by Crippen LogP contribution is 2.13. The molecule has 0 bridgehead atoms. The number of epoxide rings is 1. The summed E-state index contributed by atoms with van der Waals surface area (Å²) >= 11 is 0. The van der Waals surface area contributed by atoms with Gasteiger partial charge in [0.2, 0.25) is 0 Å². The molecule has 2 heteroatoms. The lowest BCUT2D eigenvalue weighted by molar-refractivity contribution is 0.192. The SMILES string of the molecule is CCN(CC)C1CO1. The molecule has 2 nitrogen and oxygen atoms in total. The predicted octanol–water partition coefficient (Wildman–Crippen LogP) is 0.684. The molecule has 1 fully saturated rings. The lowest BCUT2D eigenvalue weighted by Gasteiger charge is -2.13. The monoisotopic (exact) mass is 115 g/mol. The first-order chi connectivity index (χ1) is 3.88. The van der Waals surface area contributed by atoms with Crippen LogP contribution in [0.15, 0.2) is 0 Å². The average molecular weight is 115 g/mol. The minimum absolute atomic E-state index is 0.463. The van der Waals surface area contributed by atoms with Gasteiger partial charge in [0.05, 0.1) is 6.61 Å². The third-order valence-electron chi connectivity index (χ3n) is 1.54. The molecular formula is C6H13NO. The molecule has 1 rings (SSSR count). The van der Waals surface area contributed by atoms with Crippen LogP contribution in [0.4, 0.5) is 0 Å². The van der Waals surface area contributed by atoms with Crippen molar-refractivity contribution < 1.29 is 4.74 Å². The van der Waals surface area contributed by atoms with Gasteiger partial charge >= 0.3 is 0 Å². The normalized spacial score (nSPS) is 26.6. The van der Waals surface area contributed by atoms with E-state index in [0.717, 1.165) is 19.7 Å². The van der Waals surface area contributed by atoms with Crippen LogP contribution in [0.3, 0.4) is 0 Å². The van der Waals surface area contributed by atoms with Gasteiger partial charge in [-0.3, -0.25) is 4.90 Å². The Hall–Kier alpha value is -0.0800. The van der Waals surface area contributed by atoms with Crippen molar-refractivity contribution in [2.75, 3.05) is 19.7 Å². The highest BCUT2D eigenvalue weighted by Gasteiger charge is 2.27. The zero-order valence-corrected chi connectivity index (χ0v) is 5.55. The van der Waals surface area contributed by atoms with Gasteiger partial charge in [-0.25, -0.2) is 0 Å². The molecule has 0 amide bonds. The van der Waals surface area contributed by atoms with E-state index < -0.39 is 0 Å². The maximum absolute atomic E-state index is 5.08. The topological polar surface area (TPSA) is 15.8 Å². The summed E-state index contributed by atoms with van der Waals surface area (Å²) in [6.45, 7) is 7.49. The van der Waals surface area contributed by atoms with Crippen LogP contribution in [0.25, 0.3) is 0 Å². The van der Waals surface area contributed by atoms with Crippen molar-refractivity contribution in [2.45, 2.75) is 20.1 Å². The number of hydrogen-bond acceptors (Lipinski definition) is 2. The van der Waals surface area contributed by atoms with Crippen molar-refractivity contribution in [2.24, 2.45) is 0 Å². The standard InChI is InChI=1S/C6H13NO/c1-3-7(4-2)6-5-8-6/h6H,3-5H2,1-2H3. The Kier molecular flexibility index (Phi) is 1.86. The first-order valence-electron chi connectivity index (χ1n) is 3.24. The number of hydrogen-bond donors (Lipinski definition) is 0. The van der Waals surface area contributed by atoms with E-state index in [9.17, 15) is 0 Å². The molecule has 1 saturated heterocycles. The summed E-state index contributed by atoms with van der Waals surface area (Å²) < 4.78 is 5.08. The summed E-state index contributed by atoms with van der Waals surface area (Å²) in [5.74, 6) is 0. The summed E-state index contributed by atoms with van der Waals surface area (Å²) in [5.41, 5.74) is 0. The Labute approximate surface area is 50.4 Å². The van der Waals surface area contributed by atoms with E-state index in [0.29, 0.717) is 6.23 Å². The van der Waals surface area contributed by atoms with Gasteiger partial charge < -0.3 is 4.74 Å². The summed E-state index contributed by atoms with van der Waals surface area (Å²) in [6, 6.07) is 0. The molecule has 0 radical (unpaired) electrons. The molecule has 0 aromatic heterocycles. The van der Waals surface area contributed by atoms with Gasteiger partial charge in [0, 0.05) is 0 Å². The second-order valence-electron chi connectivity index (χ2n) is 2.01. The zero-order chi connectivity index (χ0) is 5.98. The van der Waals surface area contributed by atoms with Gasteiger partial charge in [0.15, 0.2) is 0 Å². The molecule has 1 heterocycles. The fraction of sp³-hybridized carbons (Fsp3) is 1.00. The summed E-state index contributed by atoms with van der Waals surface area (Å²) in [5, 5.41) is 0. The van der Waals surface area contributed by atoms with Crippen LogP contribution in [0.2, 0.25) is 0 Å². The summed E-state index contributed by atoms with van der Waals surface area (Å²) in [7, 11) is 0. The van der Waals surface area contributed by atoms with E-state index in [1.807, 2.05) is 0 Å². The number of likely N-dealkylation sites (N-methyl/N-ethyl adjacent to an activating group) is 1. The van der Waals surface area contributed by atoms with Crippen molar-refractivity contribution in [3.63, 3.8) is 0 Å². The largest absolute Gasteiger partial charge is 0.357 e. The van der Waals surface area contributed by atoms with Crippen LogP contribution in [0, 0.1) is 0 Å². The zero-order valence-electron chi connectivity index (χ0n) is 5.55. The Morgan fingerprint density at radius 3 is 2.12 bits per heavy atom. The summed E-state index contributed by atoms with van der Waals surface area (Å²) in [6.07, 6.45) is 0.463. The predicted molar refractivity (Wildman–Crippen MR) is 32.7 cm³/mol. The van der Waals surface area contributed by atoms with Crippen molar-refractivity contribution in [1.82, 2.24) is 4.90 Å². The van der Waals surface area contributed by atoms with E-state index in [-0.39, 0.29) is 0 Å². The van der Waals surface area contributed by atoms with Crippen LogP contribution < -0.4 is 0 Å². The molecule has 1 unspecified atom stereocenters. The van der Waals surface area contributed by atoms with Gasteiger partial charge in [-0.15, -0.1) is 0 Å². The molecule has 0 aromatic carbocycles. The molecule has 8 heavy (non-hydrogen) atoms. The first kappa shape index (κ1) is 6.05. The van der Waals surface area contributed by atoms with Crippen LogP contribution in [0.5, 0.6) is 0 Å². The first-order valence-corrected chi connectivity index (χ1v) is 3.24. The molecule has 0 spiro atoms. The summed E-state index contributed by atoms with van der Waals surface area (Å²) in [4.78, 5) is 2.31. The van der Waals surface area contributed by atoms with E-state index in [1.165, 1.54) is 0 Å². The number of rotatable bonds is 3. The van der Waals surface area contributed by atoms with Crippen molar-refractivity contribution in [3.05, 3.63) is 0 Å². The lowest BCUT2D eigenvalue weighted by atomic mass is 10.5. The molecule has 1 atom stereocenters. The van der Waals surface area contributed by atoms with Gasteiger partial charge in [-0.1, -0.05) is 13.8 Å². The highest BCUT2D eigenvalue weighted by atomic mass is 16.6.